The molecule has 0 heterocycles. The molecule has 0 fully saturated rings. The molecule has 1 unspecified atom stereocenters. The normalized spacial score (nSPS) is 12.1. The molecule has 0 saturated carbocycles. The molecule has 0 aliphatic carbocycles. The lowest BCUT2D eigenvalue weighted by molar-refractivity contribution is 0.292. The van der Waals surface area contributed by atoms with Crippen LogP contribution < -0.4 is 10.5 Å². The number of nitrogens with one attached hydrogen (secondary N) is 1. The average molecular weight is 220 g/mol. The van der Waals surface area contributed by atoms with Crippen molar-refractivity contribution in [3.05, 3.63) is 29.8 Å². The molecule has 0 aliphatic heterocycles. The van der Waals surface area contributed by atoms with Crippen molar-refractivity contribution in [1.29, 1.82) is 5.41 Å². The fourth-order valence-corrected chi connectivity index (χ4v) is 1.35. The Morgan fingerprint density at radius 2 is 2.00 bits per heavy atom. The van der Waals surface area contributed by atoms with Crippen LogP contribution in [0.2, 0.25) is 0 Å². The summed E-state index contributed by atoms with van der Waals surface area (Å²) in [5, 5.41) is 7.25. The van der Waals surface area contributed by atoms with E-state index in [4.69, 9.17) is 15.9 Å². The Balaban J connectivity index is 2.46. The monoisotopic (exact) mass is 220 g/mol. The molecule has 3 heteroatoms. The minimum atomic E-state index is -0.0321. The van der Waals surface area contributed by atoms with Crippen molar-refractivity contribution in [2.24, 2.45) is 11.7 Å². The number of ether oxygens (including phenoxy) is 1. The molecule has 3 N–H and O–H groups in total. The number of rotatable bonds is 6. The predicted molar refractivity (Wildman–Crippen MR) is 67.0 cm³/mol. The second kappa shape index (κ2) is 6.16. The highest BCUT2D eigenvalue weighted by atomic mass is 16.5. The Morgan fingerprint density at radius 3 is 2.50 bits per heavy atom. The molecule has 88 valence electrons. The fraction of sp³-hybridized carbons (Fsp3) is 0.462. The summed E-state index contributed by atoms with van der Waals surface area (Å²) in [5.74, 6) is 0.978. The summed E-state index contributed by atoms with van der Waals surface area (Å²) in [6, 6.07) is 8.10. The van der Waals surface area contributed by atoms with Gasteiger partial charge in [0.05, 0.1) is 12.4 Å². The van der Waals surface area contributed by atoms with Gasteiger partial charge in [0, 0.05) is 5.92 Å². The minimum absolute atomic E-state index is 0.0321. The van der Waals surface area contributed by atoms with Gasteiger partial charge in [-0.05, 0) is 24.1 Å². The van der Waals surface area contributed by atoms with Crippen molar-refractivity contribution >= 4 is 5.84 Å². The number of amidine groups is 1. The molecule has 1 atom stereocenters. The first-order valence-corrected chi connectivity index (χ1v) is 5.69. The lowest BCUT2D eigenvalue weighted by atomic mass is 10.1. The first kappa shape index (κ1) is 12.6. The van der Waals surface area contributed by atoms with Gasteiger partial charge in [-0.2, -0.15) is 0 Å². The molecule has 16 heavy (non-hydrogen) atoms. The van der Waals surface area contributed by atoms with Gasteiger partial charge in [-0.1, -0.05) is 32.4 Å². The zero-order valence-corrected chi connectivity index (χ0v) is 9.99. The van der Waals surface area contributed by atoms with E-state index in [1.807, 2.05) is 19.1 Å². The van der Waals surface area contributed by atoms with Gasteiger partial charge in [-0.3, -0.25) is 5.41 Å². The van der Waals surface area contributed by atoms with Crippen molar-refractivity contribution in [3.63, 3.8) is 0 Å². The molecule has 1 aromatic carbocycles. The van der Waals surface area contributed by atoms with E-state index in [0.29, 0.717) is 6.61 Å². The lowest BCUT2D eigenvalue weighted by Gasteiger charge is -2.11. The summed E-state index contributed by atoms with van der Waals surface area (Å²) in [7, 11) is 0. The van der Waals surface area contributed by atoms with Gasteiger partial charge >= 0.3 is 0 Å². The van der Waals surface area contributed by atoms with E-state index in [9.17, 15) is 0 Å². The third-order valence-corrected chi connectivity index (χ3v) is 2.49. The largest absolute Gasteiger partial charge is 0.493 e. The molecule has 0 aromatic heterocycles. The molecule has 0 spiro atoms. The minimum Gasteiger partial charge on any atom is -0.493 e. The number of nitrogens with two attached hydrogens (primary N) is 1. The summed E-state index contributed by atoms with van der Waals surface area (Å²) < 4.78 is 5.54. The van der Waals surface area contributed by atoms with E-state index >= 15 is 0 Å². The molecule has 1 aromatic rings. The van der Waals surface area contributed by atoms with E-state index in [0.717, 1.165) is 18.6 Å². The van der Waals surface area contributed by atoms with E-state index in [2.05, 4.69) is 19.1 Å². The van der Waals surface area contributed by atoms with Crippen LogP contribution >= 0.6 is 0 Å². The summed E-state index contributed by atoms with van der Waals surface area (Å²) in [5.41, 5.74) is 6.70. The van der Waals surface area contributed by atoms with Crippen LogP contribution in [0.1, 0.15) is 25.8 Å². The SMILES string of the molecule is CCCc1ccc(OCC(C)C(=N)N)cc1. The smallest absolute Gasteiger partial charge is 0.119 e. The maximum Gasteiger partial charge on any atom is 0.119 e. The van der Waals surface area contributed by atoms with Crippen LogP contribution in [-0.4, -0.2) is 12.4 Å². The van der Waals surface area contributed by atoms with Gasteiger partial charge in [-0.15, -0.1) is 0 Å². The van der Waals surface area contributed by atoms with Gasteiger partial charge in [-0.25, -0.2) is 0 Å². The van der Waals surface area contributed by atoms with Gasteiger partial charge < -0.3 is 10.5 Å². The van der Waals surface area contributed by atoms with Gasteiger partial charge in [0.1, 0.15) is 5.75 Å². The summed E-state index contributed by atoms with van der Waals surface area (Å²) in [4.78, 5) is 0. The Morgan fingerprint density at radius 1 is 1.38 bits per heavy atom. The third kappa shape index (κ3) is 3.93. The Labute approximate surface area is 97.1 Å². The lowest BCUT2D eigenvalue weighted by Crippen LogP contribution is -2.25. The van der Waals surface area contributed by atoms with Crippen LogP contribution in [0.15, 0.2) is 24.3 Å². The molecular formula is C13H20N2O. The molecule has 0 bridgehead atoms. The van der Waals surface area contributed by atoms with E-state index < -0.39 is 0 Å². The zero-order valence-electron chi connectivity index (χ0n) is 9.99. The quantitative estimate of drug-likeness (QED) is 0.572. The number of hydrogen-bond donors (Lipinski definition) is 2. The Hall–Kier alpha value is -1.51. The van der Waals surface area contributed by atoms with Crippen LogP contribution in [-0.2, 0) is 6.42 Å². The van der Waals surface area contributed by atoms with Crippen molar-refractivity contribution < 1.29 is 4.74 Å². The maximum atomic E-state index is 7.25. The molecule has 0 radical (unpaired) electrons. The number of aryl methyl sites for hydroxylation is 1. The van der Waals surface area contributed by atoms with Crippen LogP contribution in [0.4, 0.5) is 0 Å². The summed E-state index contributed by atoms with van der Waals surface area (Å²) >= 11 is 0. The molecular weight excluding hydrogens is 200 g/mol. The van der Waals surface area contributed by atoms with Crippen molar-refractivity contribution in [2.45, 2.75) is 26.7 Å². The standard InChI is InChI=1S/C13H20N2O/c1-3-4-11-5-7-12(8-6-11)16-9-10(2)13(14)15/h5-8,10H,3-4,9H2,1-2H3,(H3,14,15). The molecule has 0 saturated heterocycles. The predicted octanol–water partition coefficient (Wildman–Crippen LogP) is 2.59. The first-order valence-electron chi connectivity index (χ1n) is 5.69. The van der Waals surface area contributed by atoms with E-state index in [-0.39, 0.29) is 11.8 Å². The van der Waals surface area contributed by atoms with Crippen LogP contribution in [0, 0.1) is 11.3 Å². The van der Waals surface area contributed by atoms with Crippen LogP contribution in [0.3, 0.4) is 0 Å². The summed E-state index contributed by atoms with van der Waals surface area (Å²) in [6.45, 7) is 4.51. The molecule has 0 amide bonds. The topological polar surface area (TPSA) is 59.1 Å². The zero-order chi connectivity index (χ0) is 12.0. The van der Waals surface area contributed by atoms with Crippen molar-refractivity contribution in [3.8, 4) is 5.75 Å². The van der Waals surface area contributed by atoms with Crippen LogP contribution in [0.25, 0.3) is 0 Å². The number of hydrogen-bond acceptors (Lipinski definition) is 2. The summed E-state index contributed by atoms with van der Waals surface area (Å²) in [6.07, 6.45) is 2.26. The van der Waals surface area contributed by atoms with Gasteiger partial charge in [0.15, 0.2) is 0 Å². The Kier molecular flexibility index (Phi) is 4.83. The fourth-order valence-electron chi connectivity index (χ4n) is 1.35. The maximum absolute atomic E-state index is 7.25. The van der Waals surface area contributed by atoms with E-state index in [1.165, 1.54) is 5.56 Å². The average Bonchev–Trinajstić information content (AvgIpc) is 2.28. The highest BCUT2D eigenvalue weighted by Crippen LogP contribution is 2.14. The second-order valence-electron chi connectivity index (χ2n) is 4.06. The second-order valence-corrected chi connectivity index (χ2v) is 4.06. The number of benzene rings is 1. The molecule has 1 rings (SSSR count). The van der Waals surface area contributed by atoms with Crippen molar-refractivity contribution in [1.82, 2.24) is 0 Å². The van der Waals surface area contributed by atoms with E-state index in [1.54, 1.807) is 0 Å². The molecule has 0 aliphatic rings. The third-order valence-electron chi connectivity index (χ3n) is 2.49. The van der Waals surface area contributed by atoms with Crippen molar-refractivity contribution in [2.75, 3.05) is 6.61 Å². The first-order chi connectivity index (χ1) is 7.63. The highest BCUT2D eigenvalue weighted by Gasteiger charge is 2.05. The Bertz CT molecular complexity index is 332. The van der Waals surface area contributed by atoms with Gasteiger partial charge in [0.25, 0.3) is 0 Å². The van der Waals surface area contributed by atoms with Gasteiger partial charge in [0.2, 0.25) is 0 Å². The molecule has 3 nitrogen and oxygen atoms in total. The highest BCUT2D eigenvalue weighted by molar-refractivity contribution is 5.79. The van der Waals surface area contributed by atoms with Crippen LogP contribution in [0.5, 0.6) is 5.75 Å².